The number of halogens is 3. The van der Waals surface area contributed by atoms with Crippen molar-refractivity contribution in [1.29, 1.82) is 0 Å². The van der Waals surface area contributed by atoms with Crippen molar-refractivity contribution in [2.24, 2.45) is 0 Å². The van der Waals surface area contributed by atoms with E-state index in [1.807, 2.05) is 0 Å². The van der Waals surface area contributed by atoms with Crippen LogP contribution in [0.15, 0.2) is 35.5 Å². The Morgan fingerprint density at radius 3 is 2.44 bits per heavy atom. The van der Waals surface area contributed by atoms with Crippen molar-refractivity contribution in [1.82, 2.24) is 14.8 Å². The van der Waals surface area contributed by atoms with E-state index in [-0.39, 0.29) is 28.6 Å². The van der Waals surface area contributed by atoms with Crippen LogP contribution in [0.25, 0.3) is 5.69 Å². The highest BCUT2D eigenvalue weighted by atomic mass is 32.2. The summed E-state index contributed by atoms with van der Waals surface area (Å²) in [7, 11) is -3.51. The number of rotatable bonds is 5. The number of hydrogen-bond acceptors (Lipinski definition) is 5. The lowest BCUT2D eigenvalue weighted by molar-refractivity contribution is -0.141. The minimum absolute atomic E-state index is 0.0686. The topological polar surface area (TPSA) is 76.9 Å². The molecule has 0 radical (unpaired) electrons. The second-order valence-corrected chi connectivity index (χ2v) is 7.63. The standard InChI is InChI=1S/C15H17F3N4O2S/c1-9(2)7-20-14-10(3)13(15(16,17)18)21-22(14)11-5-6-12(19-8-11)25(4,23)24/h5-6,8,20H,1,7H2,2-4H3. The molecule has 2 aromatic heterocycles. The minimum atomic E-state index is -4.62. The number of anilines is 1. The maximum Gasteiger partial charge on any atom is 0.435 e. The van der Waals surface area contributed by atoms with Gasteiger partial charge in [0, 0.05) is 18.4 Å². The molecular formula is C15H17F3N4O2S. The first-order chi connectivity index (χ1) is 11.4. The quantitative estimate of drug-likeness (QED) is 0.814. The van der Waals surface area contributed by atoms with Crippen LogP contribution in [0.3, 0.4) is 0 Å². The summed E-state index contributed by atoms with van der Waals surface area (Å²) in [6, 6.07) is 2.57. The van der Waals surface area contributed by atoms with Crippen molar-refractivity contribution < 1.29 is 21.6 Å². The van der Waals surface area contributed by atoms with Gasteiger partial charge >= 0.3 is 6.18 Å². The molecule has 0 aliphatic heterocycles. The van der Waals surface area contributed by atoms with Gasteiger partial charge in [-0.1, -0.05) is 12.2 Å². The van der Waals surface area contributed by atoms with Gasteiger partial charge < -0.3 is 5.32 Å². The van der Waals surface area contributed by atoms with E-state index >= 15 is 0 Å². The maximum atomic E-state index is 13.2. The summed E-state index contributed by atoms with van der Waals surface area (Å²) >= 11 is 0. The van der Waals surface area contributed by atoms with Gasteiger partial charge in [0.1, 0.15) is 5.82 Å². The van der Waals surface area contributed by atoms with Gasteiger partial charge in [0.25, 0.3) is 0 Å². The second kappa shape index (κ2) is 6.51. The first kappa shape index (κ1) is 19.0. The van der Waals surface area contributed by atoms with Crippen LogP contribution in [-0.2, 0) is 16.0 Å². The predicted octanol–water partition coefficient (Wildman–Crippen LogP) is 2.99. The molecule has 0 atom stereocenters. The molecule has 136 valence electrons. The molecule has 0 aliphatic rings. The molecule has 1 N–H and O–H groups in total. The van der Waals surface area contributed by atoms with E-state index in [1.165, 1.54) is 19.1 Å². The molecule has 0 unspecified atom stereocenters. The van der Waals surface area contributed by atoms with E-state index in [0.29, 0.717) is 0 Å². The Kier molecular flexibility index (Phi) is 4.94. The molecule has 0 saturated heterocycles. The van der Waals surface area contributed by atoms with Crippen molar-refractivity contribution in [2.45, 2.75) is 25.0 Å². The highest BCUT2D eigenvalue weighted by molar-refractivity contribution is 7.90. The lowest BCUT2D eigenvalue weighted by Crippen LogP contribution is -2.10. The minimum Gasteiger partial charge on any atom is -0.366 e. The third kappa shape index (κ3) is 4.19. The molecule has 2 heterocycles. The summed E-state index contributed by atoms with van der Waals surface area (Å²) in [4.78, 5) is 3.79. The average Bonchev–Trinajstić information content (AvgIpc) is 2.81. The average molecular weight is 374 g/mol. The highest BCUT2D eigenvalue weighted by Crippen LogP contribution is 2.35. The van der Waals surface area contributed by atoms with Crippen molar-refractivity contribution in [2.75, 3.05) is 18.1 Å². The molecule has 25 heavy (non-hydrogen) atoms. The Hall–Kier alpha value is -2.36. The smallest absolute Gasteiger partial charge is 0.366 e. The zero-order valence-corrected chi connectivity index (χ0v) is 14.7. The predicted molar refractivity (Wildman–Crippen MR) is 87.5 cm³/mol. The molecule has 0 aromatic carbocycles. The molecule has 0 amide bonds. The van der Waals surface area contributed by atoms with Crippen molar-refractivity contribution in [3.05, 3.63) is 41.7 Å². The van der Waals surface area contributed by atoms with Crippen LogP contribution in [0.5, 0.6) is 0 Å². The fourth-order valence-corrected chi connectivity index (χ4v) is 2.67. The number of aromatic nitrogens is 3. The van der Waals surface area contributed by atoms with Gasteiger partial charge in [-0.05, 0) is 26.0 Å². The largest absolute Gasteiger partial charge is 0.435 e. The van der Waals surface area contributed by atoms with Gasteiger partial charge in [-0.2, -0.15) is 18.3 Å². The van der Waals surface area contributed by atoms with Crippen molar-refractivity contribution >= 4 is 15.7 Å². The van der Waals surface area contributed by atoms with Crippen LogP contribution < -0.4 is 5.32 Å². The molecule has 10 heteroatoms. The summed E-state index contributed by atoms with van der Waals surface area (Å²) in [6.07, 6.45) is -2.46. The number of nitrogens with one attached hydrogen (secondary N) is 1. The highest BCUT2D eigenvalue weighted by Gasteiger charge is 2.38. The third-order valence-corrected chi connectivity index (χ3v) is 4.29. The van der Waals surface area contributed by atoms with E-state index < -0.39 is 21.7 Å². The van der Waals surface area contributed by atoms with Crippen LogP contribution in [0.2, 0.25) is 0 Å². The normalized spacial score (nSPS) is 12.2. The Bertz CT molecular complexity index is 900. The number of nitrogens with zero attached hydrogens (tertiary/aromatic N) is 3. The first-order valence-corrected chi connectivity index (χ1v) is 9.02. The summed E-state index contributed by atoms with van der Waals surface area (Å²) in [5.41, 5.74) is -0.161. The van der Waals surface area contributed by atoms with Crippen LogP contribution in [0.4, 0.5) is 19.0 Å². The SMILES string of the molecule is C=C(C)CNc1c(C)c(C(F)(F)F)nn1-c1ccc(S(C)(=O)=O)nc1. The van der Waals surface area contributed by atoms with Crippen molar-refractivity contribution in [3.63, 3.8) is 0 Å². The number of pyridine rings is 1. The molecule has 0 bridgehead atoms. The van der Waals surface area contributed by atoms with E-state index in [1.54, 1.807) is 6.92 Å². The Morgan fingerprint density at radius 1 is 1.36 bits per heavy atom. The van der Waals surface area contributed by atoms with E-state index in [9.17, 15) is 21.6 Å². The molecule has 0 spiro atoms. The van der Waals surface area contributed by atoms with E-state index in [2.05, 4.69) is 22.0 Å². The zero-order chi connectivity index (χ0) is 19.0. The van der Waals surface area contributed by atoms with Gasteiger partial charge in [0.15, 0.2) is 20.6 Å². The molecule has 6 nitrogen and oxygen atoms in total. The van der Waals surface area contributed by atoms with Crippen LogP contribution >= 0.6 is 0 Å². The summed E-state index contributed by atoms with van der Waals surface area (Å²) in [5.74, 6) is 0.143. The molecule has 0 aliphatic carbocycles. The summed E-state index contributed by atoms with van der Waals surface area (Å²) in [6.45, 7) is 7.01. The summed E-state index contributed by atoms with van der Waals surface area (Å²) < 4.78 is 63.5. The monoisotopic (exact) mass is 374 g/mol. The van der Waals surface area contributed by atoms with Crippen LogP contribution in [-0.4, -0.2) is 36.0 Å². The lowest BCUT2D eigenvalue weighted by atomic mass is 10.2. The number of alkyl halides is 3. The molecule has 2 aromatic rings. The van der Waals surface area contributed by atoms with E-state index in [4.69, 9.17) is 0 Å². The van der Waals surface area contributed by atoms with Gasteiger partial charge in [0.05, 0.1) is 11.9 Å². The van der Waals surface area contributed by atoms with E-state index in [0.717, 1.165) is 22.7 Å². The Labute approximate surface area is 143 Å². The van der Waals surface area contributed by atoms with Crippen LogP contribution in [0.1, 0.15) is 18.2 Å². The second-order valence-electron chi connectivity index (χ2n) is 5.67. The fraction of sp³-hybridized carbons (Fsp3) is 0.333. The summed E-state index contributed by atoms with van der Waals surface area (Å²) in [5, 5.41) is 6.33. The third-order valence-electron chi connectivity index (χ3n) is 3.29. The Morgan fingerprint density at radius 2 is 2.00 bits per heavy atom. The van der Waals surface area contributed by atoms with Gasteiger partial charge in [-0.25, -0.2) is 18.1 Å². The van der Waals surface area contributed by atoms with Gasteiger partial charge in [0.2, 0.25) is 0 Å². The lowest BCUT2D eigenvalue weighted by Gasteiger charge is -2.11. The van der Waals surface area contributed by atoms with Crippen LogP contribution in [0, 0.1) is 6.92 Å². The fourth-order valence-electron chi connectivity index (χ4n) is 2.11. The molecule has 0 fully saturated rings. The molecule has 2 rings (SSSR count). The number of sulfone groups is 1. The maximum absolute atomic E-state index is 13.2. The zero-order valence-electron chi connectivity index (χ0n) is 13.8. The van der Waals surface area contributed by atoms with Crippen molar-refractivity contribution in [3.8, 4) is 5.69 Å². The molecule has 0 saturated carbocycles. The number of hydrogen-bond donors (Lipinski definition) is 1. The molecular weight excluding hydrogens is 357 g/mol. The first-order valence-electron chi connectivity index (χ1n) is 7.13. The van der Waals surface area contributed by atoms with Gasteiger partial charge in [-0.15, -0.1) is 0 Å². The van der Waals surface area contributed by atoms with Gasteiger partial charge in [-0.3, -0.25) is 0 Å². The Balaban J connectivity index is 2.57.